The number of anilines is 1. The summed E-state index contributed by atoms with van der Waals surface area (Å²) in [5, 5.41) is 11.5. The van der Waals surface area contributed by atoms with Gasteiger partial charge in [0.2, 0.25) is 11.8 Å². The largest absolute Gasteiger partial charge is 0.352 e. The van der Waals surface area contributed by atoms with Gasteiger partial charge in [-0.3, -0.25) is 14.5 Å². The maximum atomic E-state index is 12.7. The van der Waals surface area contributed by atoms with E-state index >= 15 is 0 Å². The first-order valence-corrected chi connectivity index (χ1v) is 12.4. The van der Waals surface area contributed by atoms with Crippen molar-refractivity contribution >= 4 is 17.6 Å². The Kier molecular flexibility index (Phi) is 7.95. The van der Waals surface area contributed by atoms with Gasteiger partial charge >= 0.3 is 0 Å². The Labute approximate surface area is 191 Å². The second kappa shape index (κ2) is 11.1. The molecular formula is C24H38N6O2. The fourth-order valence-electron chi connectivity index (χ4n) is 5.57. The highest BCUT2D eigenvalue weighted by atomic mass is 16.2. The number of likely N-dealkylation sites (N-methyl/N-ethyl adjacent to an activating group) is 1. The van der Waals surface area contributed by atoms with Gasteiger partial charge in [0.15, 0.2) is 5.82 Å². The molecular weight excluding hydrogens is 404 g/mol. The van der Waals surface area contributed by atoms with Crippen LogP contribution >= 0.6 is 0 Å². The normalized spacial score (nSPS) is 23.0. The minimum atomic E-state index is 0.0774. The Hall–Kier alpha value is -2.22. The molecule has 1 aromatic rings. The second-order valence-electron chi connectivity index (χ2n) is 9.77. The van der Waals surface area contributed by atoms with Crippen LogP contribution in [0, 0.1) is 5.92 Å². The molecule has 0 bridgehead atoms. The first-order valence-electron chi connectivity index (χ1n) is 12.4. The van der Waals surface area contributed by atoms with E-state index in [-0.39, 0.29) is 17.9 Å². The van der Waals surface area contributed by atoms with Gasteiger partial charge in [-0.2, -0.15) is 5.10 Å². The average Bonchev–Trinajstić information content (AvgIpc) is 3.28. The van der Waals surface area contributed by atoms with Crippen molar-refractivity contribution in [3.63, 3.8) is 0 Å². The van der Waals surface area contributed by atoms with Crippen molar-refractivity contribution in [3.05, 3.63) is 18.3 Å². The molecule has 2 saturated heterocycles. The highest BCUT2D eigenvalue weighted by Crippen LogP contribution is 2.27. The highest BCUT2D eigenvalue weighted by molar-refractivity contribution is 5.79. The van der Waals surface area contributed by atoms with Crippen molar-refractivity contribution in [3.8, 4) is 0 Å². The van der Waals surface area contributed by atoms with Crippen LogP contribution in [0.25, 0.3) is 0 Å². The number of piperidine rings is 1. The van der Waals surface area contributed by atoms with Gasteiger partial charge in [-0.25, -0.2) is 0 Å². The summed E-state index contributed by atoms with van der Waals surface area (Å²) in [7, 11) is 2.01. The van der Waals surface area contributed by atoms with Crippen LogP contribution in [0.4, 0.5) is 5.82 Å². The van der Waals surface area contributed by atoms with Crippen LogP contribution in [-0.4, -0.2) is 83.7 Å². The van der Waals surface area contributed by atoms with E-state index in [1.54, 1.807) is 6.20 Å². The van der Waals surface area contributed by atoms with Crippen LogP contribution < -0.4 is 10.2 Å². The molecule has 2 amide bonds. The summed E-state index contributed by atoms with van der Waals surface area (Å²) in [6.07, 6.45) is 11.4. The number of nitrogens with one attached hydrogen (secondary N) is 1. The zero-order valence-corrected chi connectivity index (χ0v) is 19.4. The van der Waals surface area contributed by atoms with E-state index in [0.29, 0.717) is 18.5 Å². The summed E-state index contributed by atoms with van der Waals surface area (Å²) >= 11 is 0. The lowest BCUT2D eigenvalue weighted by Gasteiger charge is -2.35. The van der Waals surface area contributed by atoms with Gasteiger partial charge in [-0.1, -0.05) is 19.3 Å². The number of likely N-dealkylation sites (tertiary alicyclic amines) is 1. The Balaban J connectivity index is 1.18. The predicted molar refractivity (Wildman–Crippen MR) is 124 cm³/mol. The molecule has 2 aliphatic heterocycles. The summed E-state index contributed by atoms with van der Waals surface area (Å²) in [6.45, 7) is 3.75. The van der Waals surface area contributed by atoms with Crippen molar-refractivity contribution in [1.29, 1.82) is 0 Å². The lowest BCUT2D eigenvalue weighted by Crippen LogP contribution is -2.50. The lowest BCUT2D eigenvalue weighted by molar-refractivity contribution is -0.137. The standard InChI is InChI=1S/C24H38N6O2/c1-28(17-21-9-6-14-30(21)22-10-5-13-25-27-22)18-23(31)26-20-11-15-29(16-12-20)24(32)19-7-3-2-4-8-19/h5,10,13,19-21H,2-4,6-9,11-12,14-18H2,1H3,(H,26,31). The van der Waals surface area contributed by atoms with Crippen molar-refractivity contribution < 1.29 is 9.59 Å². The van der Waals surface area contributed by atoms with E-state index in [0.717, 1.165) is 70.5 Å². The number of carbonyl (C=O) groups is 2. The second-order valence-corrected chi connectivity index (χ2v) is 9.77. The number of hydrogen-bond acceptors (Lipinski definition) is 6. The average molecular weight is 443 g/mol. The molecule has 1 atom stereocenters. The molecule has 1 unspecified atom stereocenters. The molecule has 3 heterocycles. The maximum Gasteiger partial charge on any atom is 0.234 e. The predicted octanol–water partition coefficient (Wildman–Crippen LogP) is 2.06. The number of rotatable bonds is 7. The van der Waals surface area contributed by atoms with Gasteiger partial charge in [0.05, 0.1) is 6.54 Å². The Morgan fingerprint density at radius 3 is 2.56 bits per heavy atom. The molecule has 0 spiro atoms. The lowest BCUT2D eigenvalue weighted by atomic mass is 9.87. The van der Waals surface area contributed by atoms with E-state index in [2.05, 4.69) is 25.3 Å². The first kappa shape index (κ1) is 23.0. The van der Waals surface area contributed by atoms with Crippen molar-refractivity contribution in [2.75, 3.05) is 44.7 Å². The zero-order valence-electron chi connectivity index (χ0n) is 19.4. The van der Waals surface area contributed by atoms with Crippen LogP contribution in [-0.2, 0) is 9.59 Å². The van der Waals surface area contributed by atoms with E-state index in [1.807, 2.05) is 24.1 Å². The summed E-state index contributed by atoms with van der Waals surface area (Å²) in [4.78, 5) is 31.8. The third-order valence-electron chi connectivity index (χ3n) is 7.29. The molecule has 8 heteroatoms. The molecule has 0 aromatic carbocycles. The topological polar surface area (TPSA) is 81.7 Å². The Morgan fingerprint density at radius 2 is 1.84 bits per heavy atom. The van der Waals surface area contributed by atoms with Crippen LogP contribution in [0.5, 0.6) is 0 Å². The molecule has 1 saturated carbocycles. The molecule has 8 nitrogen and oxygen atoms in total. The van der Waals surface area contributed by atoms with Crippen LogP contribution in [0.15, 0.2) is 18.3 Å². The number of nitrogens with zero attached hydrogens (tertiary/aromatic N) is 5. The molecule has 0 radical (unpaired) electrons. The summed E-state index contributed by atoms with van der Waals surface area (Å²) in [6, 6.07) is 4.46. The summed E-state index contributed by atoms with van der Waals surface area (Å²) in [5.41, 5.74) is 0. The monoisotopic (exact) mass is 442 g/mol. The summed E-state index contributed by atoms with van der Waals surface area (Å²) < 4.78 is 0. The maximum absolute atomic E-state index is 12.7. The first-order chi connectivity index (χ1) is 15.6. The van der Waals surface area contributed by atoms with Crippen LogP contribution in [0.1, 0.15) is 57.8 Å². The van der Waals surface area contributed by atoms with Crippen LogP contribution in [0.3, 0.4) is 0 Å². The van der Waals surface area contributed by atoms with Gasteiger partial charge in [-0.15, -0.1) is 5.10 Å². The fourth-order valence-corrected chi connectivity index (χ4v) is 5.57. The quantitative estimate of drug-likeness (QED) is 0.696. The van der Waals surface area contributed by atoms with E-state index < -0.39 is 0 Å². The smallest absolute Gasteiger partial charge is 0.234 e. The van der Waals surface area contributed by atoms with Crippen molar-refractivity contribution in [1.82, 2.24) is 25.3 Å². The third kappa shape index (κ3) is 5.97. The molecule has 32 heavy (non-hydrogen) atoms. The number of amides is 2. The molecule has 1 N–H and O–H groups in total. The van der Waals surface area contributed by atoms with Gasteiger partial charge < -0.3 is 15.1 Å². The molecule has 3 aliphatic rings. The van der Waals surface area contributed by atoms with Crippen molar-refractivity contribution in [2.45, 2.75) is 69.9 Å². The minimum Gasteiger partial charge on any atom is -0.352 e. The van der Waals surface area contributed by atoms with E-state index in [4.69, 9.17) is 0 Å². The zero-order chi connectivity index (χ0) is 22.3. The Morgan fingerprint density at radius 1 is 1.06 bits per heavy atom. The van der Waals surface area contributed by atoms with Gasteiger partial charge in [0, 0.05) is 50.4 Å². The Bertz CT molecular complexity index is 746. The fraction of sp³-hybridized carbons (Fsp3) is 0.750. The molecule has 3 fully saturated rings. The number of aromatic nitrogens is 2. The van der Waals surface area contributed by atoms with E-state index in [1.165, 1.54) is 19.3 Å². The summed E-state index contributed by atoms with van der Waals surface area (Å²) in [5.74, 6) is 1.58. The molecule has 1 aromatic heterocycles. The minimum absolute atomic E-state index is 0.0774. The van der Waals surface area contributed by atoms with Gasteiger partial charge in [0.25, 0.3) is 0 Å². The third-order valence-corrected chi connectivity index (χ3v) is 7.29. The number of carbonyl (C=O) groups excluding carboxylic acids is 2. The van der Waals surface area contributed by atoms with Gasteiger partial charge in [0.1, 0.15) is 0 Å². The highest BCUT2D eigenvalue weighted by Gasteiger charge is 2.30. The van der Waals surface area contributed by atoms with Crippen LogP contribution in [0.2, 0.25) is 0 Å². The van der Waals surface area contributed by atoms with E-state index in [9.17, 15) is 9.59 Å². The number of hydrogen-bond donors (Lipinski definition) is 1. The van der Waals surface area contributed by atoms with Gasteiger partial charge in [-0.05, 0) is 57.7 Å². The molecule has 1 aliphatic carbocycles. The molecule has 176 valence electrons. The SMILES string of the molecule is CN(CC(=O)NC1CCN(C(=O)C2CCCCC2)CC1)CC1CCCN1c1cccnn1. The van der Waals surface area contributed by atoms with Crippen molar-refractivity contribution in [2.24, 2.45) is 5.92 Å². The molecule has 4 rings (SSSR count).